The van der Waals surface area contributed by atoms with Crippen molar-refractivity contribution in [1.82, 2.24) is 19.9 Å². The number of anilines is 1. The van der Waals surface area contributed by atoms with Gasteiger partial charge in [0.15, 0.2) is 11.5 Å². The number of aromatic nitrogens is 4. The topological polar surface area (TPSA) is 70.8 Å². The predicted molar refractivity (Wildman–Crippen MR) is 101 cm³/mol. The first-order valence-electron chi connectivity index (χ1n) is 9.25. The first-order chi connectivity index (χ1) is 12.8. The molecule has 3 aromatic heterocycles. The van der Waals surface area contributed by atoms with E-state index in [1.807, 2.05) is 30.5 Å². The van der Waals surface area contributed by atoms with Crippen molar-refractivity contribution in [3.05, 3.63) is 48.2 Å². The number of rotatable bonds is 3. The van der Waals surface area contributed by atoms with E-state index in [-0.39, 0.29) is 0 Å². The molecule has 0 spiro atoms. The van der Waals surface area contributed by atoms with Gasteiger partial charge in [-0.3, -0.25) is 0 Å². The van der Waals surface area contributed by atoms with E-state index in [1.165, 1.54) is 5.56 Å². The van der Waals surface area contributed by atoms with E-state index in [0.717, 1.165) is 66.2 Å². The highest BCUT2D eigenvalue weighted by Crippen LogP contribution is 2.34. The van der Waals surface area contributed by atoms with Gasteiger partial charge in [-0.15, -0.1) is 0 Å². The molecule has 1 fully saturated rings. The molecular weight excluding hydrogens is 326 g/mol. The summed E-state index contributed by atoms with van der Waals surface area (Å²) in [6, 6.07) is 7.98. The maximum absolute atomic E-state index is 5.98. The number of hydrogen-bond acceptors (Lipinski definition) is 5. The first-order valence-corrected chi connectivity index (χ1v) is 9.25. The van der Waals surface area contributed by atoms with Gasteiger partial charge >= 0.3 is 0 Å². The number of aryl methyl sites for hydroxylation is 1. The Morgan fingerprint density at radius 2 is 2.04 bits per heavy atom. The minimum Gasteiger partial charge on any atom is -0.440 e. The molecular formula is C20H21N5O. The van der Waals surface area contributed by atoms with Crippen LogP contribution in [0.5, 0.6) is 0 Å². The highest BCUT2D eigenvalue weighted by Gasteiger charge is 2.26. The highest BCUT2D eigenvalue weighted by atomic mass is 16.3. The van der Waals surface area contributed by atoms with E-state index in [2.05, 4.69) is 31.8 Å². The third-order valence-electron chi connectivity index (χ3n) is 5.37. The van der Waals surface area contributed by atoms with Crippen LogP contribution in [0.2, 0.25) is 0 Å². The van der Waals surface area contributed by atoms with Crippen LogP contribution in [0.25, 0.3) is 22.1 Å². The van der Waals surface area contributed by atoms with Gasteiger partial charge in [0.25, 0.3) is 0 Å². The number of fused-ring (bicyclic) bond motifs is 2. The molecule has 0 unspecified atom stereocenters. The summed E-state index contributed by atoms with van der Waals surface area (Å²) in [7, 11) is 0. The van der Waals surface area contributed by atoms with Crippen molar-refractivity contribution in [3.8, 4) is 0 Å². The summed E-state index contributed by atoms with van der Waals surface area (Å²) < 4.78 is 5.98. The second kappa shape index (κ2) is 6.12. The van der Waals surface area contributed by atoms with Gasteiger partial charge < -0.3 is 14.3 Å². The van der Waals surface area contributed by atoms with Crippen molar-refractivity contribution in [2.45, 2.75) is 32.1 Å². The van der Waals surface area contributed by atoms with Gasteiger partial charge in [-0.2, -0.15) is 0 Å². The van der Waals surface area contributed by atoms with Crippen LogP contribution in [-0.4, -0.2) is 33.0 Å². The summed E-state index contributed by atoms with van der Waals surface area (Å²) in [6.07, 6.45) is 6.71. The second-order valence-electron chi connectivity index (χ2n) is 6.87. The Bertz CT molecular complexity index is 1030. The number of H-pyrrole nitrogens is 1. The Labute approximate surface area is 151 Å². The lowest BCUT2D eigenvalue weighted by Gasteiger charge is -2.31. The molecule has 4 heterocycles. The van der Waals surface area contributed by atoms with Gasteiger partial charge in [0.05, 0.1) is 5.39 Å². The lowest BCUT2D eigenvalue weighted by atomic mass is 9.96. The second-order valence-corrected chi connectivity index (χ2v) is 6.87. The van der Waals surface area contributed by atoms with Crippen molar-refractivity contribution >= 4 is 28.0 Å². The van der Waals surface area contributed by atoms with Crippen LogP contribution in [0.4, 0.5) is 5.82 Å². The van der Waals surface area contributed by atoms with Gasteiger partial charge in [0.1, 0.15) is 23.3 Å². The monoisotopic (exact) mass is 347 g/mol. The molecule has 26 heavy (non-hydrogen) atoms. The Kier molecular flexibility index (Phi) is 3.62. The number of benzene rings is 1. The fourth-order valence-corrected chi connectivity index (χ4v) is 3.93. The number of aromatic amines is 1. The Hall–Kier alpha value is -2.89. The lowest BCUT2D eigenvalue weighted by Crippen LogP contribution is -2.33. The Balaban J connectivity index is 1.40. The van der Waals surface area contributed by atoms with Gasteiger partial charge in [-0.05, 0) is 37.0 Å². The minimum absolute atomic E-state index is 0.368. The number of hydrogen-bond donors (Lipinski definition) is 1. The number of oxazole rings is 1. The molecule has 132 valence electrons. The SMILES string of the molecule is CCc1c[nH]c2ncnc(N3CCC(c4nc5ccccc5o4)CC3)c12. The van der Waals surface area contributed by atoms with Gasteiger partial charge in [-0.1, -0.05) is 19.1 Å². The maximum atomic E-state index is 5.98. The number of nitrogens with zero attached hydrogens (tertiary/aromatic N) is 4. The Morgan fingerprint density at radius 1 is 1.19 bits per heavy atom. The van der Waals surface area contributed by atoms with Crippen molar-refractivity contribution < 1.29 is 4.42 Å². The molecule has 1 saturated heterocycles. The molecule has 0 bridgehead atoms. The summed E-state index contributed by atoms with van der Waals surface area (Å²) in [6.45, 7) is 4.06. The van der Waals surface area contributed by atoms with Crippen LogP contribution in [0.3, 0.4) is 0 Å². The summed E-state index contributed by atoms with van der Waals surface area (Å²) in [5.41, 5.74) is 4.02. The van der Waals surface area contributed by atoms with Crippen LogP contribution < -0.4 is 4.90 Å². The molecule has 6 heteroatoms. The molecule has 5 rings (SSSR count). The average molecular weight is 347 g/mol. The van der Waals surface area contributed by atoms with Crippen molar-refractivity contribution in [2.75, 3.05) is 18.0 Å². The molecule has 6 nitrogen and oxygen atoms in total. The summed E-state index contributed by atoms with van der Waals surface area (Å²) in [4.78, 5) is 19.3. The summed E-state index contributed by atoms with van der Waals surface area (Å²) in [5.74, 6) is 2.28. The highest BCUT2D eigenvalue weighted by molar-refractivity contribution is 5.90. The molecule has 4 aromatic rings. The van der Waals surface area contributed by atoms with E-state index in [1.54, 1.807) is 6.33 Å². The van der Waals surface area contributed by atoms with E-state index >= 15 is 0 Å². The van der Waals surface area contributed by atoms with E-state index in [0.29, 0.717) is 5.92 Å². The largest absolute Gasteiger partial charge is 0.440 e. The lowest BCUT2D eigenvalue weighted by molar-refractivity contribution is 0.407. The molecule has 0 radical (unpaired) electrons. The number of piperidine rings is 1. The summed E-state index contributed by atoms with van der Waals surface area (Å²) >= 11 is 0. The molecule has 0 saturated carbocycles. The van der Waals surface area contributed by atoms with Crippen LogP contribution in [0.15, 0.2) is 41.2 Å². The van der Waals surface area contributed by atoms with Gasteiger partial charge in [0, 0.05) is 25.2 Å². The standard InChI is InChI=1S/C20H21N5O/c1-2-13-11-21-18-17(13)19(23-12-22-18)25-9-7-14(8-10-25)20-24-15-5-3-4-6-16(15)26-20/h3-6,11-12,14H,2,7-10H2,1H3,(H,21,22,23). The maximum Gasteiger partial charge on any atom is 0.198 e. The van der Waals surface area contributed by atoms with Crippen LogP contribution >= 0.6 is 0 Å². The third kappa shape index (κ3) is 2.44. The molecule has 1 aliphatic rings. The zero-order valence-corrected chi connectivity index (χ0v) is 14.8. The van der Waals surface area contributed by atoms with Crippen LogP contribution in [-0.2, 0) is 6.42 Å². The van der Waals surface area contributed by atoms with Crippen LogP contribution in [0.1, 0.15) is 37.1 Å². The third-order valence-corrected chi connectivity index (χ3v) is 5.37. The van der Waals surface area contributed by atoms with E-state index in [9.17, 15) is 0 Å². The normalized spacial score (nSPS) is 16.0. The van der Waals surface area contributed by atoms with Crippen molar-refractivity contribution in [1.29, 1.82) is 0 Å². The minimum atomic E-state index is 0.368. The van der Waals surface area contributed by atoms with E-state index < -0.39 is 0 Å². The molecule has 0 aliphatic carbocycles. The molecule has 0 atom stereocenters. The van der Waals surface area contributed by atoms with Gasteiger partial charge in [-0.25, -0.2) is 15.0 Å². The smallest absolute Gasteiger partial charge is 0.198 e. The number of nitrogens with one attached hydrogen (secondary N) is 1. The van der Waals surface area contributed by atoms with Crippen molar-refractivity contribution in [2.24, 2.45) is 0 Å². The number of para-hydroxylation sites is 2. The zero-order chi connectivity index (χ0) is 17.5. The molecule has 0 amide bonds. The van der Waals surface area contributed by atoms with Crippen molar-refractivity contribution in [3.63, 3.8) is 0 Å². The predicted octanol–water partition coefficient (Wildman–Crippen LogP) is 4.05. The molecule has 1 aliphatic heterocycles. The fraction of sp³-hybridized carbons (Fsp3) is 0.350. The van der Waals surface area contributed by atoms with Crippen LogP contribution in [0, 0.1) is 0 Å². The quantitative estimate of drug-likeness (QED) is 0.605. The first kappa shape index (κ1) is 15.4. The average Bonchev–Trinajstić information content (AvgIpc) is 3.32. The fourth-order valence-electron chi connectivity index (χ4n) is 3.93. The summed E-state index contributed by atoms with van der Waals surface area (Å²) in [5, 5.41) is 1.16. The Morgan fingerprint density at radius 3 is 2.85 bits per heavy atom. The molecule has 1 N–H and O–H groups in total. The van der Waals surface area contributed by atoms with Gasteiger partial charge in [0.2, 0.25) is 0 Å². The molecule has 1 aromatic carbocycles. The zero-order valence-electron chi connectivity index (χ0n) is 14.8. The van der Waals surface area contributed by atoms with E-state index in [4.69, 9.17) is 4.42 Å².